The highest BCUT2D eigenvalue weighted by Gasteiger charge is 2.58. The molecule has 24 heavy (non-hydrogen) atoms. The van der Waals surface area contributed by atoms with E-state index in [0.29, 0.717) is 24.4 Å². The minimum Gasteiger partial charge on any atom is -0.465 e. The van der Waals surface area contributed by atoms with Crippen LogP contribution in [0.2, 0.25) is 0 Å². The molecule has 138 valence electrons. The van der Waals surface area contributed by atoms with Gasteiger partial charge in [-0.25, -0.2) is 0 Å². The minimum absolute atomic E-state index is 0.0144. The topological polar surface area (TPSA) is 66.8 Å². The zero-order valence-corrected chi connectivity index (χ0v) is 15.5. The van der Waals surface area contributed by atoms with Crippen LogP contribution in [0.5, 0.6) is 0 Å². The molecular formula is C20H34O4. The van der Waals surface area contributed by atoms with Crippen LogP contribution in [0.3, 0.4) is 0 Å². The van der Waals surface area contributed by atoms with Crippen LogP contribution in [0.15, 0.2) is 0 Å². The van der Waals surface area contributed by atoms with Crippen molar-refractivity contribution in [3.63, 3.8) is 0 Å². The van der Waals surface area contributed by atoms with Crippen molar-refractivity contribution in [1.82, 2.24) is 0 Å². The number of carbonyl (C=O) groups is 1. The van der Waals surface area contributed by atoms with Crippen LogP contribution in [0.1, 0.15) is 65.7 Å². The van der Waals surface area contributed by atoms with Crippen LogP contribution in [0.25, 0.3) is 0 Å². The lowest BCUT2D eigenvalue weighted by molar-refractivity contribution is -0.173. The summed E-state index contributed by atoms with van der Waals surface area (Å²) in [7, 11) is 0. The van der Waals surface area contributed by atoms with E-state index in [0.717, 1.165) is 44.9 Å². The average molecular weight is 338 g/mol. The molecule has 3 fully saturated rings. The van der Waals surface area contributed by atoms with Gasteiger partial charge in [0.1, 0.15) is 0 Å². The molecule has 4 nitrogen and oxygen atoms in total. The van der Waals surface area contributed by atoms with Crippen molar-refractivity contribution in [2.24, 2.45) is 34.5 Å². The quantitative estimate of drug-likeness (QED) is 0.773. The number of esters is 1. The summed E-state index contributed by atoms with van der Waals surface area (Å²) in [6.45, 7) is 7.44. The zero-order chi connectivity index (χ0) is 17.5. The number of ether oxygens (including phenoxy) is 1. The summed E-state index contributed by atoms with van der Waals surface area (Å²) < 4.78 is 5.12. The fraction of sp³-hybridized carbons (Fsp3) is 0.950. The standard InChI is InChI=1S/C20H34O4/c1-13-4-7-16-19(2,10-8-17(22)20(16,3)12-21)15(13)6-5-14-9-11-24-18(14)23/h13-17,21-22H,4-12H2,1-3H3/t13?,14?,15-,16?,17-,19+,20+/m1/s1. The summed E-state index contributed by atoms with van der Waals surface area (Å²) in [6, 6.07) is 0. The van der Waals surface area contributed by atoms with Gasteiger partial charge in [-0.1, -0.05) is 27.2 Å². The van der Waals surface area contributed by atoms with Crippen LogP contribution >= 0.6 is 0 Å². The molecule has 0 amide bonds. The summed E-state index contributed by atoms with van der Waals surface area (Å²) in [4.78, 5) is 11.8. The van der Waals surface area contributed by atoms with Gasteiger partial charge in [-0.2, -0.15) is 0 Å². The maximum absolute atomic E-state index is 11.8. The van der Waals surface area contributed by atoms with E-state index in [1.807, 2.05) is 0 Å². The van der Waals surface area contributed by atoms with E-state index < -0.39 is 11.5 Å². The van der Waals surface area contributed by atoms with Gasteiger partial charge in [0, 0.05) is 5.41 Å². The second-order valence-electron chi connectivity index (χ2n) is 9.17. The Morgan fingerprint density at radius 3 is 2.54 bits per heavy atom. The van der Waals surface area contributed by atoms with Gasteiger partial charge in [-0.15, -0.1) is 0 Å². The van der Waals surface area contributed by atoms with E-state index in [2.05, 4.69) is 20.8 Å². The third-order valence-corrected chi connectivity index (χ3v) is 7.97. The minimum atomic E-state index is -0.403. The molecule has 3 unspecified atom stereocenters. The third-order valence-electron chi connectivity index (χ3n) is 7.97. The molecule has 0 aromatic carbocycles. The summed E-state index contributed by atoms with van der Waals surface area (Å²) in [6.07, 6.45) is 6.50. The van der Waals surface area contributed by atoms with Gasteiger partial charge in [0.05, 0.1) is 25.2 Å². The van der Waals surface area contributed by atoms with Crippen molar-refractivity contribution >= 4 is 5.97 Å². The van der Waals surface area contributed by atoms with E-state index in [4.69, 9.17) is 4.74 Å². The van der Waals surface area contributed by atoms with Crippen LogP contribution in [0.4, 0.5) is 0 Å². The van der Waals surface area contributed by atoms with Gasteiger partial charge < -0.3 is 14.9 Å². The first-order valence-corrected chi connectivity index (χ1v) is 9.78. The van der Waals surface area contributed by atoms with Gasteiger partial charge in [-0.05, 0) is 61.7 Å². The maximum atomic E-state index is 11.8. The lowest BCUT2D eigenvalue weighted by Crippen LogP contribution is -2.58. The first-order valence-electron chi connectivity index (χ1n) is 9.78. The fourth-order valence-electron chi connectivity index (χ4n) is 6.33. The number of hydrogen-bond donors (Lipinski definition) is 2. The van der Waals surface area contributed by atoms with Crippen LogP contribution < -0.4 is 0 Å². The normalized spacial score (nSPS) is 48.9. The van der Waals surface area contributed by atoms with Crippen molar-refractivity contribution in [2.45, 2.75) is 71.8 Å². The second kappa shape index (κ2) is 6.60. The smallest absolute Gasteiger partial charge is 0.309 e. The van der Waals surface area contributed by atoms with E-state index in [-0.39, 0.29) is 23.9 Å². The van der Waals surface area contributed by atoms with E-state index in [1.165, 1.54) is 0 Å². The summed E-state index contributed by atoms with van der Waals surface area (Å²) >= 11 is 0. The molecule has 0 spiro atoms. The molecule has 2 saturated carbocycles. The molecule has 1 saturated heterocycles. The molecule has 0 bridgehead atoms. The first-order chi connectivity index (χ1) is 11.3. The predicted octanol–water partition coefficient (Wildman–Crippen LogP) is 3.15. The summed E-state index contributed by atoms with van der Waals surface area (Å²) in [5.74, 6) is 1.62. The highest BCUT2D eigenvalue weighted by Crippen LogP contribution is 2.62. The van der Waals surface area contributed by atoms with Gasteiger partial charge in [0.2, 0.25) is 0 Å². The molecule has 1 heterocycles. The second-order valence-corrected chi connectivity index (χ2v) is 9.17. The Morgan fingerprint density at radius 1 is 1.17 bits per heavy atom. The fourth-order valence-corrected chi connectivity index (χ4v) is 6.33. The Kier molecular flexibility index (Phi) is 5.00. The average Bonchev–Trinajstić information content (AvgIpc) is 2.96. The van der Waals surface area contributed by atoms with Crippen LogP contribution in [-0.4, -0.2) is 35.5 Å². The number of aliphatic hydroxyl groups excluding tert-OH is 2. The molecule has 0 radical (unpaired) electrons. The molecule has 2 aliphatic carbocycles. The predicted molar refractivity (Wildman–Crippen MR) is 92.2 cm³/mol. The third kappa shape index (κ3) is 2.80. The molecule has 7 atom stereocenters. The maximum Gasteiger partial charge on any atom is 0.309 e. The summed E-state index contributed by atoms with van der Waals surface area (Å²) in [5.41, 5.74) is -0.242. The van der Waals surface area contributed by atoms with Crippen molar-refractivity contribution < 1.29 is 19.7 Å². The molecule has 1 aliphatic heterocycles. The Labute approximate surface area is 146 Å². The lowest BCUT2D eigenvalue weighted by Gasteiger charge is -2.61. The molecule has 3 rings (SSSR count). The van der Waals surface area contributed by atoms with Crippen molar-refractivity contribution in [2.75, 3.05) is 13.2 Å². The Morgan fingerprint density at radius 2 is 1.92 bits per heavy atom. The van der Waals surface area contributed by atoms with Crippen LogP contribution in [0, 0.1) is 34.5 Å². The molecular weight excluding hydrogens is 304 g/mol. The van der Waals surface area contributed by atoms with Crippen LogP contribution in [-0.2, 0) is 9.53 Å². The molecule has 0 aromatic heterocycles. The molecule has 2 N–H and O–H groups in total. The number of carbonyl (C=O) groups excluding carboxylic acids is 1. The number of fused-ring (bicyclic) bond motifs is 1. The number of hydrogen-bond acceptors (Lipinski definition) is 4. The lowest BCUT2D eigenvalue weighted by atomic mass is 9.45. The molecule has 3 aliphatic rings. The van der Waals surface area contributed by atoms with Crippen molar-refractivity contribution in [3.05, 3.63) is 0 Å². The number of rotatable bonds is 4. The van der Waals surface area contributed by atoms with E-state index >= 15 is 0 Å². The monoisotopic (exact) mass is 338 g/mol. The summed E-state index contributed by atoms with van der Waals surface area (Å²) in [5, 5.41) is 20.6. The van der Waals surface area contributed by atoms with E-state index in [1.54, 1.807) is 0 Å². The Balaban J connectivity index is 1.78. The Hall–Kier alpha value is -0.610. The highest BCUT2D eigenvalue weighted by molar-refractivity contribution is 5.74. The number of cyclic esters (lactones) is 1. The van der Waals surface area contributed by atoms with Gasteiger partial charge >= 0.3 is 5.97 Å². The van der Waals surface area contributed by atoms with Gasteiger partial charge in [-0.3, -0.25) is 4.79 Å². The van der Waals surface area contributed by atoms with Gasteiger partial charge in [0.25, 0.3) is 0 Å². The first kappa shape index (κ1) is 18.2. The number of aliphatic hydroxyl groups is 2. The highest BCUT2D eigenvalue weighted by atomic mass is 16.5. The van der Waals surface area contributed by atoms with E-state index in [9.17, 15) is 15.0 Å². The van der Waals surface area contributed by atoms with Crippen molar-refractivity contribution in [3.8, 4) is 0 Å². The van der Waals surface area contributed by atoms with Gasteiger partial charge in [0.15, 0.2) is 0 Å². The zero-order valence-electron chi connectivity index (χ0n) is 15.5. The SMILES string of the molecule is CC1CCC2[C@](C)(CO)[C@H](O)CC[C@@]2(C)[C@@H]1CCC1CCOC1=O. The molecule has 4 heteroatoms. The largest absolute Gasteiger partial charge is 0.465 e. The molecule has 0 aromatic rings. The Bertz CT molecular complexity index is 478. The van der Waals surface area contributed by atoms with Crippen molar-refractivity contribution in [1.29, 1.82) is 0 Å².